The Morgan fingerprint density at radius 3 is 2.76 bits per heavy atom. The van der Waals surface area contributed by atoms with E-state index in [1.54, 1.807) is 42.5 Å². The summed E-state index contributed by atoms with van der Waals surface area (Å²) in [6.45, 7) is 0. The number of fused-ring (bicyclic) bond motifs is 1. The van der Waals surface area contributed by atoms with Crippen LogP contribution in [-0.2, 0) is 0 Å². The molecule has 2 aromatic rings. The van der Waals surface area contributed by atoms with Gasteiger partial charge in [-0.25, -0.2) is 0 Å². The number of hydrogen-bond donors (Lipinski definition) is 2. The number of carbonyl (C=O) groups is 1. The molecule has 2 aromatic carbocycles. The number of carbonyl (C=O) groups excluding carboxylic acids is 1. The van der Waals surface area contributed by atoms with Crippen LogP contribution in [0.4, 0.5) is 0 Å². The van der Waals surface area contributed by atoms with Gasteiger partial charge in [0.2, 0.25) is 0 Å². The summed E-state index contributed by atoms with van der Waals surface area (Å²) in [5.41, 5.74) is 1.58. The summed E-state index contributed by atoms with van der Waals surface area (Å²) in [4.78, 5) is 12.2. The maximum atomic E-state index is 12.2. The molecule has 3 rings (SSSR count). The monoisotopic (exact) mass is 302 g/mol. The minimum atomic E-state index is -1.55. The van der Waals surface area contributed by atoms with E-state index in [-0.39, 0.29) is 12.2 Å². The Balaban J connectivity index is 1.94. The Hall–Kier alpha value is -1.82. The number of ether oxygens (including phenoxy) is 1. The van der Waals surface area contributed by atoms with E-state index in [4.69, 9.17) is 16.3 Å². The van der Waals surface area contributed by atoms with Crippen LogP contribution in [0, 0.1) is 0 Å². The van der Waals surface area contributed by atoms with Gasteiger partial charge in [0.05, 0.1) is 12.0 Å². The van der Waals surface area contributed by atoms with Crippen molar-refractivity contribution in [2.24, 2.45) is 0 Å². The maximum absolute atomic E-state index is 12.2. The van der Waals surface area contributed by atoms with Crippen molar-refractivity contribution in [2.45, 2.75) is 12.5 Å². The molecule has 0 spiro atoms. The molecule has 0 fully saturated rings. The summed E-state index contributed by atoms with van der Waals surface area (Å²) < 4.78 is 5.84. The molecule has 4 nitrogen and oxygen atoms in total. The molecule has 1 heterocycles. The summed E-state index contributed by atoms with van der Waals surface area (Å²) in [5.74, 6) is 0.453. The van der Waals surface area contributed by atoms with Crippen LogP contribution in [0.15, 0.2) is 42.5 Å². The van der Waals surface area contributed by atoms with Gasteiger partial charge < -0.3 is 14.8 Å². The molecule has 21 heavy (non-hydrogen) atoms. The lowest BCUT2D eigenvalue weighted by molar-refractivity contribution is 0.0850. The molecule has 1 atom stereocenters. The highest BCUT2D eigenvalue weighted by Gasteiger charge is 2.28. The minimum Gasteiger partial charge on any atom is -0.484 e. The van der Waals surface area contributed by atoms with Crippen molar-refractivity contribution in [3.63, 3.8) is 0 Å². The van der Waals surface area contributed by atoms with Crippen molar-refractivity contribution < 1.29 is 19.6 Å². The van der Waals surface area contributed by atoms with Crippen LogP contribution in [0.3, 0.4) is 0 Å². The minimum absolute atomic E-state index is 0.0429. The van der Waals surface area contributed by atoms with Crippen LogP contribution in [0.25, 0.3) is 0 Å². The topological polar surface area (TPSA) is 66.8 Å². The molecule has 1 aliphatic heterocycles. The van der Waals surface area contributed by atoms with E-state index in [0.29, 0.717) is 21.8 Å². The first-order valence-electron chi connectivity index (χ1n) is 6.50. The Kier molecular flexibility index (Phi) is 3.72. The largest absolute Gasteiger partial charge is 0.488 e. The lowest BCUT2D eigenvalue weighted by atomic mass is 9.79. The van der Waals surface area contributed by atoms with Gasteiger partial charge in [0.1, 0.15) is 11.9 Å². The van der Waals surface area contributed by atoms with Gasteiger partial charge in [-0.1, -0.05) is 35.9 Å². The zero-order valence-corrected chi connectivity index (χ0v) is 11.7. The lowest BCUT2D eigenvalue weighted by Gasteiger charge is -2.26. The van der Waals surface area contributed by atoms with Crippen LogP contribution in [0.1, 0.15) is 28.4 Å². The first kappa shape index (κ1) is 14.1. The van der Waals surface area contributed by atoms with Gasteiger partial charge in [-0.3, -0.25) is 4.79 Å². The second-order valence-electron chi connectivity index (χ2n) is 4.92. The Labute approximate surface area is 127 Å². The third kappa shape index (κ3) is 2.81. The SMILES string of the molecule is O=C1CC(c2cccc(B(O)O)c2)Oc2ccc(Cl)cc21. The van der Waals surface area contributed by atoms with Crippen molar-refractivity contribution in [2.75, 3.05) is 0 Å². The summed E-state index contributed by atoms with van der Waals surface area (Å²) in [6.07, 6.45) is -0.247. The zero-order chi connectivity index (χ0) is 15.0. The quantitative estimate of drug-likeness (QED) is 0.829. The highest BCUT2D eigenvalue weighted by molar-refractivity contribution is 6.58. The second kappa shape index (κ2) is 5.52. The van der Waals surface area contributed by atoms with E-state index in [2.05, 4.69) is 0 Å². The van der Waals surface area contributed by atoms with Crippen molar-refractivity contribution >= 4 is 30.0 Å². The van der Waals surface area contributed by atoms with Crippen molar-refractivity contribution in [1.29, 1.82) is 0 Å². The molecular formula is C15H12BClO4. The number of Topliss-reactive ketones (excluding diaryl/α,β-unsaturated/α-hetero) is 1. The number of benzene rings is 2. The molecule has 2 N–H and O–H groups in total. The first-order valence-corrected chi connectivity index (χ1v) is 6.88. The van der Waals surface area contributed by atoms with Crippen LogP contribution < -0.4 is 10.2 Å². The molecule has 1 unspecified atom stereocenters. The first-order chi connectivity index (χ1) is 10.0. The maximum Gasteiger partial charge on any atom is 0.488 e. The molecule has 0 bridgehead atoms. The Bertz CT molecular complexity index is 702. The van der Waals surface area contributed by atoms with Crippen LogP contribution >= 0.6 is 11.6 Å². The lowest BCUT2D eigenvalue weighted by Crippen LogP contribution is -2.30. The number of hydrogen-bond acceptors (Lipinski definition) is 4. The fourth-order valence-corrected chi connectivity index (χ4v) is 2.57. The Morgan fingerprint density at radius 1 is 1.19 bits per heavy atom. The highest BCUT2D eigenvalue weighted by atomic mass is 35.5. The Morgan fingerprint density at radius 2 is 2.00 bits per heavy atom. The predicted octanol–water partition coefficient (Wildman–Crippen LogP) is 1.73. The molecule has 0 saturated carbocycles. The molecule has 6 heteroatoms. The number of halogens is 1. The fraction of sp³-hybridized carbons (Fsp3) is 0.133. The third-order valence-corrected chi connectivity index (χ3v) is 3.70. The van der Waals surface area contributed by atoms with Gasteiger partial charge in [0, 0.05) is 5.02 Å². The highest BCUT2D eigenvalue weighted by Crippen LogP contribution is 2.35. The van der Waals surface area contributed by atoms with E-state index in [9.17, 15) is 14.8 Å². The molecular weight excluding hydrogens is 290 g/mol. The van der Waals surface area contributed by atoms with E-state index in [1.807, 2.05) is 0 Å². The average molecular weight is 303 g/mol. The molecule has 106 valence electrons. The number of rotatable bonds is 2. The van der Waals surface area contributed by atoms with Gasteiger partial charge in [0.25, 0.3) is 0 Å². The third-order valence-electron chi connectivity index (χ3n) is 3.46. The van der Waals surface area contributed by atoms with Crippen LogP contribution in [0.2, 0.25) is 5.02 Å². The molecule has 0 radical (unpaired) electrons. The van der Waals surface area contributed by atoms with Crippen molar-refractivity contribution in [3.8, 4) is 5.75 Å². The average Bonchev–Trinajstić information content (AvgIpc) is 2.48. The van der Waals surface area contributed by atoms with Crippen molar-refractivity contribution in [3.05, 3.63) is 58.6 Å². The van der Waals surface area contributed by atoms with E-state index < -0.39 is 13.2 Å². The predicted molar refractivity (Wildman–Crippen MR) is 80.0 cm³/mol. The second-order valence-corrected chi connectivity index (χ2v) is 5.35. The van der Waals surface area contributed by atoms with Crippen molar-refractivity contribution in [1.82, 2.24) is 0 Å². The molecule has 0 saturated heterocycles. The smallest absolute Gasteiger partial charge is 0.484 e. The zero-order valence-electron chi connectivity index (χ0n) is 11.0. The van der Waals surface area contributed by atoms with Gasteiger partial charge in [-0.15, -0.1) is 0 Å². The summed E-state index contributed by atoms with van der Waals surface area (Å²) in [6, 6.07) is 11.7. The standard InChI is InChI=1S/C15H12BClO4/c17-11-4-5-14-12(7-11)13(18)8-15(21-14)9-2-1-3-10(6-9)16(19)20/h1-7,15,19-20H,8H2. The molecule has 1 aliphatic rings. The molecule has 0 aromatic heterocycles. The summed E-state index contributed by atoms with van der Waals surface area (Å²) in [7, 11) is -1.55. The van der Waals surface area contributed by atoms with E-state index >= 15 is 0 Å². The summed E-state index contributed by atoms with van der Waals surface area (Å²) in [5, 5.41) is 18.9. The van der Waals surface area contributed by atoms with Gasteiger partial charge in [-0.05, 0) is 29.2 Å². The number of ketones is 1. The van der Waals surface area contributed by atoms with Gasteiger partial charge in [0.15, 0.2) is 5.78 Å². The fourth-order valence-electron chi connectivity index (χ4n) is 2.40. The molecule has 0 aliphatic carbocycles. The summed E-state index contributed by atoms with van der Waals surface area (Å²) >= 11 is 5.89. The van der Waals surface area contributed by atoms with Gasteiger partial charge >= 0.3 is 7.12 Å². The van der Waals surface area contributed by atoms with E-state index in [0.717, 1.165) is 5.56 Å². The van der Waals surface area contributed by atoms with Crippen LogP contribution in [0.5, 0.6) is 5.75 Å². The normalized spacial score (nSPS) is 17.1. The van der Waals surface area contributed by atoms with Crippen LogP contribution in [-0.4, -0.2) is 22.9 Å². The molecule has 0 amide bonds. The van der Waals surface area contributed by atoms with E-state index in [1.165, 1.54) is 0 Å². The van der Waals surface area contributed by atoms with Gasteiger partial charge in [-0.2, -0.15) is 0 Å².